The van der Waals surface area contributed by atoms with Crippen LogP contribution in [0.15, 0.2) is 34.3 Å². The highest BCUT2D eigenvalue weighted by Gasteiger charge is 2.17. The Morgan fingerprint density at radius 2 is 2.07 bits per heavy atom. The van der Waals surface area contributed by atoms with Gasteiger partial charge in [-0.25, -0.2) is 4.79 Å². The molecule has 1 aromatic carbocycles. The van der Waals surface area contributed by atoms with Crippen molar-refractivity contribution in [3.63, 3.8) is 0 Å². The van der Waals surface area contributed by atoms with Crippen LogP contribution in [0.2, 0.25) is 0 Å². The number of carbonyl (C=O) groups is 1. The molecule has 1 aliphatic carbocycles. The second-order valence-electron chi connectivity index (χ2n) is 5.92. The number of ether oxygens (including phenoxy) is 1. The molecular weight excluding hydrogens is 362 g/mol. The summed E-state index contributed by atoms with van der Waals surface area (Å²) in [5, 5.41) is 24.1. The number of carbonyl (C=O) groups excluding carboxylic acids is 1. The minimum Gasteiger partial charge on any atom is -0.462 e. The maximum absolute atomic E-state index is 11.9. The van der Waals surface area contributed by atoms with E-state index in [9.17, 15) is 20.2 Å². The van der Waals surface area contributed by atoms with Gasteiger partial charge in [0.15, 0.2) is 5.76 Å². The van der Waals surface area contributed by atoms with Crippen molar-refractivity contribution in [2.75, 3.05) is 11.9 Å². The number of hydrogen-bond acceptors (Lipinski definition) is 7. The number of benzene rings is 1. The molecule has 1 N–H and O–H groups in total. The lowest BCUT2D eigenvalue weighted by Gasteiger charge is -2.06. The van der Waals surface area contributed by atoms with Crippen LogP contribution in [-0.2, 0) is 9.53 Å². The van der Waals surface area contributed by atoms with Crippen LogP contribution in [0.3, 0.4) is 0 Å². The molecule has 0 saturated carbocycles. The highest BCUT2D eigenvalue weighted by molar-refractivity contribution is 5.98. The summed E-state index contributed by atoms with van der Waals surface area (Å²) in [6.07, 6.45) is 6.92. The Morgan fingerprint density at radius 3 is 2.71 bits per heavy atom. The smallest absolute Gasteiger partial charge is 0.349 e. The van der Waals surface area contributed by atoms with Crippen LogP contribution < -0.4 is 16.0 Å². The van der Waals surface area contributed by atoms with Crippen LogP contribution in [0.1, 0.15) is 25.5 Å². The number of nitro groups is 1. The number of rotatable bonds is 6. The summed E-state index contributed by atoms with van der Waals surface area (Å²) >= 11 is 0. The second kappa shape index (κ2) is 8.22. The molecule has 0 aliphatic heterocycles. The van der Waals surface area contributed by atoms with E-state index in [0.29, 0.717) is 22.6 Å². The lowest BCUT2D eigenvalue weighted by molar-refractivity contribution is -0.384. The van der Waals surface area contributed by atoms with E-state index in [-0.39, 0.29) is 17.9 Å². The predicted octanol–water partition coefficient (Wildman–Crippen LogP) is 2.76. The minimum atomic E-state index is -0.728. The van der Waals surface area contributed by atoms with Gasteiger partial charge in [-0.3, -0.25) is 10.1 Å². The Hall–Kier alpha value is -3.86. The summed E-state index contributed by atoms with van der Waals surface area (Å²) in [7, 11) is 0. The molecule has 0 fully saturated rings. The zero-order valence-electron chi connectivity index (χ0n) is 15.1. The molecule has 28 heavy (non-hydrogen) atoms. The Labute approximate surface area is 160 Å². The molecule has 8 nitrogen and oxygen atoms in total. The largest absolute Gasteiger partial charge is 0.462 e. The van der Waals surface area contributed by atoms with Gasteiger partial charge in [-0.1, -0.05) is 6.08 Å². The van der Waals surface area contributed by atoms with Crippen molar-refractivity contribution in [2.45, 2.75) is 19.8 Å². The van der Waals surface area contributed by atoms with E-state index >= 15 is 0 Å². The Morgan fingerprint density at radius 1 is 1.36 bits per heavy atom. The van der Waals surface area contributed by atoms with Crippen LogP contribution in [0, 0.1) is 21.4 Å². The monoisotopic (exact) mass is 379 g/mol. The van der Waals surface area contributed by atoms with Crippen molar-refractivity contribution < 1.29 is 18.9 Å². The standard InChI is InChI=1S/C20H17N3O5/c1-2-27-20(24)13(12-21)11-18-19(16-5-3-4-6-17(16)28-18)22-14-7-9-15(10-8-14)23(25)26/h5-11,22H,2-4H2,1H3/b13-11-. The minimum absolute atomic E-state index is 0.0196. The van der Waals surface area contributed by atoms with E-state index in [1.807, 2.05) is 18.2 Å². The maximum Gasteiger partial charge on any atom is 0.349 e. The number of non-ortho nitro benzene ring substituents is 1. The van der Waals surface area contributed by atoms with Crippen molar-refractivity contribution in [3.8, 4) is 6.07 Å². The molecule has 1 aromatic heterocycles. The van der Waals surface area contributed by atoms with Crippen molar-refractivity contribution in [1.82, 2.24) is 0 Å². The molecular formula is C20H17N3O5. The number of furan rings is 1. The molecule has 0 spiro atoms. The molecule has 3 rings (SSSR count). The van der Waals surface area contributed by atoms with Gasteiger partial charge in [-0.2, -0.15) is 5.26 Å². The molecule has 1 heterocycles. The first kappa shape index (κ1) is 18.9. The van der Waals surface area contributed by atoms with Gasteiger partial charge in [0.2, 0.25) is 0 Å². The average Bonchev–Trinajstić information content (AvgIpc) is 3.04. The van der Waals surface area contributed by atoms with Gasteiger partial charge < -0.3 is 14.5 Å². The number of hydrogen-bond donors (Lipinski definition) is 1. The van der Waals surface area contributed by atoms with E-state index in [1.54, 1.807) is 19.1 Å². The summed E-state index contributed by atoms with van der Waals surface area (Å²) in [6.45, 7) is 1.81. The van der Waals surface area contributed by atoms with Gasteiger partial charge in [0.1, 0.15) is 17.1 Å². The molecule has 142 valence electrons. The third-order valence-electron chi connectivity index (χ3n) is 4.08. The normalized spacial score (nSPS) is 12.8. The molecule has 8 heteroatoms. The summed E-state index contributed by atoms with van der Waals surface area (Å²) in [5.41, 5.74) is 1.63. The average molecular weight is 379 g/mol. The van der Waals surface area contributed by atoms with E-state index in [0.717, 1.165) is 18.1 Å². The van der Waals surface area contributed by atoms with Gasteiger partial charge in [-0.15, -0.1) is 0 Å². The van der Waals surface area contributed by atoms with E-state index in [4.69, 9.17) is 9.15 Å². The highest BCUT2D eigenvalue weighted by atomic mass is 16.6. The number of nitrogens with one attached hydrogen (secondary N) is 1. The van der Waals surface area contributed by atoms with E-state index in [2.05, 4.69) is 5.32 Å². The van der Waals surface area contributed by atoms with Gasteiger partial charge in [0.05, 0.1) is 17.2 Å². The number of esters is 1. The van der Waals surface area contributed by atoms with Gasteiger partial charge in [0.25, 0.3) is 5.69 Å². The summed E-state index contributed by atoms with van der Waals surface area (Å²) < 4.78 is 10.7. The topological polar surface area (TPSA) is 118 Å². The zero-order valence-corrected chi connectivity index (χ0v) is 15.1. The van der Waals surface area contributed by atoms with Crippen LogP contribution in [0.4, 0.5) is 17.1 Å². The number of nitrogens with zero attached hydrogens (tertiary/aromatic N) is 2. The Bertz CT molecular complexity index is 1100. The zero-order chi connectivity index (χ0) is 20.1. The fourth-order valence-electron chi connectivity index (χ4n) is 2.79. The Kier molecular flexibility index (Phi) is 5.56. The predicted molar refractivity (Wildman–Crippen MR) is 103 cm³/mol. The molecule has 0 atom stereocenters. The van der Waals surface area contributed by atoms with Gasteiger partial charge >= 0.3 is 5.97 Å². The highest BCUT2D eigenvalue weighted by Crippen LogP contribution is 2.23. The fraction of sp³-hybridized carbons (Fsp3) is 0.200. The van der Waals surface area contributed by atoms with Crippen LogP contribution in [-0.4, -0.2) is 17.5 Å². The van der Waals surface area contributed by atoms with Crippen molar-refractivity contribution in [1.29, 1.82) is 5.26 Å². The van der Waals surface area contributed by atoms with Crippen molar-refractivity contribution in [3.05, 3.63) is 56.3 Å². The maximum atomic E-state index is 11.9. The first-order valence-corrected chi connectivity index (χ1v) is 8.67. The van der Waals surface area contributed by atoms with E-state index < -0.39 is 10.9 Å². The van der Waals surface area contributed by atoms with Gasteiger partial charge in [-0.05, 0) is 38.0 Å². The number of nitro benzene ring substituents is 1. The Balaban J connectivity index is 2.05. The molecule has 0 saturated heterocycles. The van der Waals surface area contributed by atoms with Crippen molar-refractivity contribution >= 4 is 41.3 Å². The fourth-order valence-corrected chi connectivity index (χ4v) is 2.79. The van der Waals surface area contributed by atoms with Crippen LogP contribution in [0.5, 0.6) is 0 Å². The number of fused-ring (bicyclic) bond motifs is 1. The van der Waals surface area contributed by atoms with Crippen LogP contribution >= 0.6 is 0 Å². The van der Waals surface area contributed by atoms with E-state index in [1.165, 1.54) is 18.2 Å². The number of anilines is 2. The second-order valence-corrected chi connectivity index (χ2v) is 5.92. The number of nitriles is 1. The quantitative estimate of drug-likeness (QED) is 0.269. The summed E-state index contributed by atoms with van der Waals surface area (Å²) in [6, 6.07) is 7.76. The molecule has 1 aliphatic rings. The third-order valence-corrected chi connectivity index (χ3v) is 4.08. The molecule has 0 unspecified atom stereocenters. The van der Waals surface area contributed by atoms with Gasteiger partial charge in [0, 0.05) is 29.1 Å². The lowest BCUT2D eigenvalue weighted by Crippen LogP contribution is -2.24. The van der Waals surface area contributed by atoms with Crippen molar-refractivity contribution in [2.24, 2.45) is 0 Å². The summed E-state index contributed by atoms with van der Waals surface area (Å²) in [4.78, 5) is 22.3. The first-order chi connectivity index (χ1) is 13.5. The first-order valence-electron chi connectivity index (χ1n) is 8.67. The molecule has 0 bridgehead atoms. The molecule has 0 amide bonds. The SMILES string of the molecule is CCOC(=O)/C(C#N)=C\c1oc2c(c1Nc1ccc([N+](=O)[O-])cc1)=CCCC=2. The van der Waals surface area contributed by atoms with Crippen LogP contribution in [0.25, 0.3) is 18.2 Å². The lowest BCUT2D eigenvalue weighted by atomic mass is 10.1. The molecule has 2 aromatic rings. The third kappa shape index (κ3) is 3.94. The summed E-state index contributed by atoms with van der Waals surface area (Å²) in [5.74, 6) is -0.420. The molecule has 0 radical (unpaired) electrons.